The predicted molar refractivity (Wildman–Crippen MR) is 73.4 cm³/mol. The molecule has 17 heavy (non-hydrogen) atoms. The van der Waals surface area contributed by atoms with Crippen LogP contribution in [0.15, 0.2) is 0 Å². The lowest BCUT2D eigenvalue weighted by Gasteiger charge is -2.32. The van der Waals surface area contributed by atoms with Crippen molar-refractivity contribution in [2.24, 2.45) is 5.92 Å². The van der Waals surface area contributed by atoms with Crippen LogP contribution in [0.2, 0.25) is 0 Å². The average Bonchev–Trinajstić information content (AvgIpc) is 2.31. The first kappa shape index (κ1) is 14.9. The lowest BCUT2D eigenvalue weighted by atomic mass is 9.97. The number of hydrogen-bond acceptors (Lipinski definition) is 3. The van der Waals surface area contributed by atoms with E-state index in [4.69, 9.17) is 4.74 Å². The lowest BCUT2D eigenvalue weighted by Crippen LogP contribution is -2.39. The zero-order chi connectivity index (χ0) is 12.5. The number of nitrogens with zero attached hydrogens (tertiary/aromatic N) is 1. The fourth-order valence-corrected chi connectivity index (χ4v) is 2.31. The third-order valence-electron chi connectivity index (χ3n) is 3.43. The summed E-state index contributed by atoms with van der Waals surface area (Å²) in [4.78, 5) is 2.54. The highest BCUT2D eigenvalue weighted by atomic mass is 16.5. The number of nitrogens with one attached hydrogen (secondary N) is 1. The van der Waals surface area contributed by atoms with E-state index in [1.807, 2.05) is 0 Å². The molecule has 1 aliphatic rings. The summed E-state index contributed by atoms with van der Waals surface area (Å²) in [6.07, 6.45) is 4.30. The van der Waals surface area contributed by atoms with Gasteiger partial charge in [0.2, 0.25) is 0 Å². The van der Waals surface area contributed by atoms with E-state index >= 15 is 0 Å². The number of hydrogen-bond donors (Lipinski definition) is 1. The molecule has 1 heterocycles. The molecule has 0 radical (unpaired) electrons. The van der Waals surface area contributed by atoms with Gasteiger partial charge in [0, 0.05) is 6.54 Å². The van der Waals surface area contributed by atoms with Crippen molar-refractivity contribution in [2.45, 2.75) is 46.1 Å². The van der Waals surface area contributed by atoms with Crippen molar-refractivity contribution < 1.29 is 4.74 Å². The van der Waals surface area contributed by atoms with E-state index < -0.39 is 0 Å². The van der Waals surface area contributed by atoms with Gasteiger partial charge in [0.25, 0.3) is 0 Å². The molecule has 1 rings (SSSR count). The van der Waals surface area contributed by atoms with Crippen molar-refractivity contribution in [1.29, 1.82) is 0 Å². The van der Waals surface area contributed by atoms with Crippen LogP contribution in [-0.2, 0) is 4.74 Å². The van der Waals surface area contributed by atoms with Gasteiger partial charge in [-0.15, -0.1) is 0 Å². The molecule has 1 fully saturated rings. The van der Waals surface area contributed by atoms with Gasteiger partial charge >= 0.3 is 0 Å². The maximum atomic E-state index is 5.60. The molecule has 0 amide bonds. The van der Waals surface area contributed by atoms with E-state index in [-0.39, 0.29) is 0 Å². The van der Waals surface area contributed by atoms with Crippen LogP contribution in [0.4, 0.5) is 0 Å². The minimum atomic E-state index is 0.366. The van der Waals surface area contributed by atoms with Gasteiger partial charge in [0.15, 0.2) is 0 Å². The molecule has 1 aliphatic heterocycles. The van der Waals surface area contributed by atoms with Crippen molar-refractivity contribution in [3.05, 3.63) is 0 Å². The Balaban J connectivity index is 2.01. The molecular weight excluding hydrogens is 212 g/mol. The fourth-order valence-electron chi connectivity index (χ4n) is 2.31. The van der Waals surface area contributed by atoms with Crippen molar-refractivity contribution in [1.82, 2.24) is 10.2 Å². The summed E-state index contributed by atoms with van der Waals surface area (Å²) in [5.74, 6) is 0.892. The molecule has 0 atom stereocenters. The molecule has 102 valence electrons. The molecule has 0 saturated carbocycles. The minimum absolute atomic E-state index is 0.366. The van der Waals surface area contributed by atoms with Gasteiger partial charge in [-0.05, 0) is 65.2 Å². The first-order valence-electron chi connectivity index (χ1n) is 7.27. The zero-order valence-electron chi connectivity index (χ0n) is 11.9. The third kappa shape index (κ3) is 7.02. The second-order valence-corrected chi connectivity index (χ2v) is 5.41. The second kappa shape index (κ2) is 8.90. The molecule has 0 unspecified atom stereocenters. The fraction of sp³-hybridized carbons (Fsp3) is 1.00. The SMILES string of the molecule is CCCNCC1CCN(CCOC(C)C)CC1. The summed E-state index contributed by atoms with van der Waals surface area (Å²) in [7, 11) is 0. The largest absolute Gasteiger partial charge is 0.377 e. The molecule has 3 nitrogen and oxygen atoms in total. The Hall–Kier alpha value is -0.120. The Labute approximate surface area is 107 Å². The van der Waals surface area contributed by atoms with Crippen molar-refractivity contribution in [3.63, 3.8) is 0 Å². The normalized spacial score (nSPS) is 19.1. The van der Waals surface area contributed by atoms with Gasteiger partial charge in [-0.3, -0.25) is 0 Å². The van der Waals surface area contributed by atoms with Crippen LogP contribution >= 0.6 is 0 Å². The van der Waals surface area contributed by atoms with Crippen LogP contribution in [-0.4, -0.2) is 50.3 Å². The van der Waals surface area contributed by atoms with Crippen LogP contribution in [0.5, 0.6) is 0 Å². The maximum absolute atomic E-state index is 5.60. The van der Waals surface area contributed by atoms with Crippen LogP contribution in [0.25, 0.3) is 0 Å². The maximum Gasteiger partial charge on any atom is 0.0596 e. The Bertz CT molecular complexity index is 177. The van der Waals surface area contributed by atoms with E-state index in [1.54, 1.807) is 0 Å². The lowest BCUT2D eigenvalue weighted by molar-refractivity contribution is 0.0508. The molecular formula is C14H30N2O. The predicted octanol–water partition coefficient (Wildman–Crippen LogP) is 2.12. The molecule has 1 saturated heterocycles. The van der Waals surface area contributed by atoms with E-state index in [0.717, 1.165) is 19.1 Å². The topological polar surface area (TPSA) is 24.5 Å². The summed E-state index contributed by atoms with van der Waals surface area (Å²) in [5.41, 5.74) is 0. The Morgan fingerprint density at radius 1 is 1.29 bits per heavy atom. The van der Waals surface area contributed by atoms with Gasteiger partial charge in [-0.25, -0.2) is 0 Å². The highest BCUT2D eigenvalue weighted by Crippen LogP contribution is 2.15. The third-order valence-corrected chi connectivity index (χ3v) is 3.43. The Morgan fingerprint density at radius 2 is 2.00 bits per heavy atom. The number of piperidine rings is 1. The van der Waals surface area contributed by atoms with Crippen molar-refractivity contribution in [3.8, 4) is 0 Å². The molecule has 0 aromatic carbocycles. The second-order valence-electron chi connectivity index (χ2n) is 5.41. The zero-order valence-corrected chi connectivity index (χ0v) is 11.9. The monoisotopic (exact) mass is 242 g/mol. The van der Waals surface area contributed by atoms with E-state index in [1.165, 1.54) is 45.4 Å². The standard InChI is InChI=1S/C14H30N2O/c1-4-7-15-12-14-5-8-16(9-6-14)10-11-17-13(2)3/h13-15H,4-12H2,1-3H3. The van der Waals surface area contributed by atoms with E-state index in [9.17, 15) is 0 Å². The van der Waals surface area contributed by atoms with E-state index in [2.05, 4.69) is 31.0 Å². The Kier molecular flexibility index (Phi) is 7.82. The summed E-state index contributed by atoms with van der Waals surface area (Å²) < 4.78 is 5.60. The van der Waals surface area contributed by atoms with Gasteiger partial charge in [0.1, 0.15) is 0 Å². The van der Waals surface area contributed by atoms with Gasteiger partial charge in [-0.2, -0.15) is 0 Å². The summed E-state index contributed by atoms with van der Waals surface area (Å²) in [6.45, 7) is 13.3. The van der Waals surface area contributed by atoms with Gasteiger partial charge in [-0.1, -0.05) is 6.92 Å². The summed E-state index contributed by atoms with van der Waals surface area (Å²) in [6, 6.07) is 0. The highest BCUT2D eigenvalue weighted by Gasteiger charge is 2.18. The Morgan fingerprint density at radius 3 is 2.59 bits per heavy atom. The molecule has 0 bridgehead atoms. The van der Waals surface area contributed by atoms with Gasteiger partial charge in [0.05, 0.1) is 12.7 Å². The smallest absolute Gasteiger partial charge is 0.0596 e. The van der Waals surface area contributed by atoms with Crippen LogP contribution in [0.3, 0.4) is 0 Å². The highest BCUT2D eigenvalue weighted by molar-refractivity contribution is 4.73. The van der Waals surface area contributed by atoms with Crippen LogP contribution in [0, 0.1) is 5.92 Å². The molecule has 0 aromatic rings. The molecule has 0 aliphatic carbocycles. The van der Waals surface area contributed by atoms with Crippen LogP contribution < -0.4 is 5.32 Å². The first-order chi connectivity index (χ1) is 8.22. The van der Waals surface area contributed by atoms with Crippen molar-refractivity contribution >= 4 is 0 Å². The van der Waals surface area contributed by atoms with Gasteiger partial charge < -0.3 is 15.0 Å². The molecule has 0 aromatic heterocycles. The molecule has 0 spiro atoms. The summed E-state index contributed by atoms with van der Waals surface area (Å²) >= 11 is 0. The van der Waals surface area contributed by atoms with Crippen molar-refractivity contribution in [2.75, 3.05) is 39.3 Å². The number of ether oxygens (including phenoxy) is 1. The number of rotatable bonds is 8. The number of likely N-dealkylation sites (tertiary alicyclic amines) is 1. The molecule has 3 heteroatoms. The molecule has 1 N–H and O–H groups in total. The van der Waals surface area contributed by atoms with E-state index in [0.29, 0.717) is 6.10 Å². The van der Waals surface area contributed by atoms with Crippen LogP contribution in [0.1, 0.15) is 40.0 Å². The first-order valence-corrected chi connectivity index (χ1v) is 7.27. The summed E-state index contributed by atoms with van der Waals surface area (Å²) in [5, 5.41) is 3.53. The quantitative estimate of drug-likeness (QED) is 0.660. The average molecular weight is 242 g/mol. The minimum Gasteiger partial charge on any atom is -0.377 e.